The molecule has 0 aromatic carbocycles. The van der Waals surface area contributed by atoms with Crippen LogP contribution in [0.3, 0.4) is 0 Å². The molecule has 0 aliphatic carbocycles. The van der Waals surface area contributed by atoms with Gasteiger partial charge in [-0.3, -0.25) is 0 Å². The zero-order valence-electron chi connectivity index (χ0n) is 1.64. The van der Waals surface area contributed by atoms with E-state index >= 15 is 0 Å². The third kappa shape index (κ3) is 28.2. The average Bonchev–Trinajstić information content (AvgIpc) is 0.811. The first-order valence-electron chi connectivity index (χ1n) is 0.534. The van der Waals surface area contributed by atoms with Crippen LogP contribution >= 0.6 is 0 Å². The van der Waals surface area contributed by atoms with Gasteiger partial charge >= 0.3 is 30.6 Å². The van der Waals surface area contributed by atoms with Crippen molar-refractivity contribution >= 4 is 22.4 Å². The summed E-state index contributed by atoms with van der Waals surface area (Å²) in [6.45, 7) is 0. The molecule has 2 nitrogen and oxygen atoms in total. The summed E-state index contributed by atoms with van der Waals surface area (Å²) in [5.41, 5.74) is 0. The SMILES string of the molecule is [O]=[Bi](=[O])[F]. The van der Waals surface area contributed by atoms with Gasteiger partial charge in [0.25, 0.3) is 0 Å². The monoisotopic (exact) mass is 260 g/mol. The van der Waals surface area contributed by atoms with Gasteiger partial charge in [0.1, 0.15) is 0 Å². The molecule has 4 heteroatoms. The topological polar surface area (TPSA) is 34.1 Å². The predicted molar refractivity (Wildman–Crippen MR) is 8.23 cm³/mol. The van der Waals surface area contributed by atoms with Crippen molar-refractivity contribution < 1.29 is 8.25 Å². The van der Waals surface area contributed by atoms with Gasteiger partial charge in [0, 0.05) is 0 Å². The molecule has 0 fully saturated rings. The molecule has 0 spiro atoms. The fraction of sp³-hybridized carbons (Fsp3) is 0. The molecular formula is BiFO2. The van der Waals surface area contributed by atoms with Gasteiger partial charge in [-0.1, -0.05) is 0 Å². The molecule has 0 bridgehead atoms. The van der Waals surface area contributed by atoms with E-state index in [0.29, 0.717) is 0 Å². The molecule has 24 valence electrons. The summed E-state index contributed by atoms with van der Waals surface area (Å²) in [4.78, 5) is 0. The van der Waals surface area contributed by atoms with Gasteiger partial charge in [-0.2, -0.15) is 0 Å². The molecule has 0 rings (SSSR count). The van der Waals surface area contributed by atoms with Crippen molar-refractivity contribution in [3.63, 3.8) is 0 Å². The zero-order valence-corrected chi connectivity index (χ0v) is 5.12. The van der Waals surface area contributed by atoms with E-state index < -0.39 is 22.4 Å². The Balaban J connectivity index is 3.51. The van der Waals surface area contributed by atoms with E-state index in [9.17, 15) is 2.63 Å². The first-order chi connectivity index (χ1) is 1.73. The van der Waals surface area contributed by atoms with Gasteiger partial charge in [-0.05, 0) is 0 Å². The third-order valence-electron chi connectivity index (χ3n) is 0. The van der Waals surface area contributed by atoms with Gasteiger partial charge in [0.2, 0.25) is 0 Å². The summed E-state index contributed by atoms with van der Waals surface area (Å²) in [5.74, 6) is 0. The first kappa shape index (κ1) is 4.41. The maximum atomic E-state index is 10.1. The van der Waals surface area contributed by atoms with Gasteiger partial charge in [-0.15, -0.1) is 0 Å². The van der Waals surface area contributed by atoms with Gasteiger partial charge in [0.05, 0.1) is 0 Å². The molecule has 0 heterocycles. The van der Waals surface area contributed by atoms with Crippen LogP contribution in [0.1, 0.15) is 0 Å². The Morgan fingerprint density at radius 1 is 1.50 bits per heavy atom. The average molecular weight is 260 g/mol. The molecule has 0 saturated heterocycles. The molecule has 0 saturated carbocycles. The van der Waals surface area contributed by atoms with Crippen molar-refractivity contribution in [1.29, 1.82) is 0 Å². The minimum absolute atomic E-state index is 4.59. The molecule has 0 aliphatic heterocycles. The van der Waals surface area contributed by atoms with Crippen LogP contribution in [0.25, 0.3) is 0 Å². The Hall–Kier alpha value is 0.413. The van der Waals surface area contributed by atoms with E-state index in [1.165, 1.54) is 0 Å². The van der Waals surface area contributed by atoms with Gasteiger partial charge < -0.3 is 0 Å². The van der Waals surface area contributed by atoms with E-state index in [4.69, 9.17) is 5.63 Å². The van der Waals surface area contributed by atoms with Crippen LogP contribution < -0.4 is 0 Å². The summed E-state index contributed by atoms with van der Waals surface area (Å²) < 4.78 is 27.1. The second-order valence-corrected chi connectivity index (χ2v) is 1.87. The van der Waals surface area contributed by atoms with Gasteiger partial charge in [-0.25, -0.2) is 0 Å². The van der Waals surface area contributed by atoms with Crippen molar-refractivity contribution in [2.24, 2.45) is 0 Å². The summed E-state index contributed by atoms with van der Waals surface area (Å²) >= 11 is -4.59. The molecule has 0 unspecified atom stereocenters. The van der Waals surface area contributed by atoms with E-state index in [-0.39, 0.29) is 0 Å². The predicted octanol–water partition coefficient (Wildman–Crippen LogP) is -0.198. The standard InChI is InChI=1S/Bi.FH.2O/h;1H;;/q+1;;;/p-1. The van der Waals surface area contributed by atoms with Crippen LogP contribution in [-0.2, 0) is 5.63 Å². The molecule has 0 aliphatic rings. The van der Waals surface area contributed by atoms with E-state index in [1.807, 2.05) is 0 Å². The summed E-state index contributed by atoms with van der Waals surface area (Å²) in [6, 6.07) is 0. The van der Waals surface area contributed by atoms with Crippen molar-refractivity contribution in [3.05, 3.63) is 0 Å². The summed E-state index contributed by atoms with van der Waals surface area (Å²) in [5, 5.41) is 0. The van der Waals surface area contributed by atoms with E-state index in [0.717, 1.165) is 0 Å². The molecule has 0 atom stereocenters. The molecule has 0 aromatic heterocycles. The second-order valence-electron chi connectivity index (χ2n) is 0.213. The molecule has 0 N–H and O–H groups in total. The number of hydrogen-bond acceptors (Lipinski definition) is 2. The maximum absolute atomic E-state index is 10.1. The number of halogens is 1. The number of hydrogen-bond donors (Lipinski definition) is 0. The molecule has 4 heavy (non-hydrogen) atoms. The first-order valence-corrected chi connectivity index (χ1v) is 4.69. The van der Waals surface area contributed by atoms with E-state index in [1.54, 1.807) is 0 Å². The van der Waals surface area contributed by atoms with Crippen LogP contribution in [0.15, 0.2) is 0 Å². The minimum atomic E-state index is -4.59. The fourth-order valence-electron chi connectivity index (χ4n) is 0. The van der Waals surface area contributed by atoms with Crippen molar-refractivity contribution in [1.82, 2.24) is 0 Å². The van der Waals surface area contributed by atoms with Crippen LogP contribution in [0.4, 0.5) is 2.63 Å². The van der Waals surface area contributed by atoms with Crippen molar-refractivity contribution in [2.75, 3.05) is 0 Å². The van der Waals surface area contributed by atoms with Crippen molar-refractivity contribution in [2.45, 2.75) is 0 Å². The quantitative estimate of drug-likeness (QED) is 0.565. The Morgan fingerprint density at radius 2 is 1.50 bits per heavy atom. The van der Waals surface area contributed by atoms with Crippen LogP contribution in [0.2, 0.25) is 0 Å². The Morgan fingerprint density at radius 3 is 1.50 bits per heavy atom. The van der Waals surface area contributed by atoms with Crippen LogP contribution in [0.5, 0.6) is 0 Å². The molecule has 0 aromatic rings. The Kier molecular flexibility index (Phi) is 1.88. The van der Waals surface area contributed by atoms with Crippen molar-refractivity contribution in [3.8, 4) is 0 Å². The van der Waals surface area contributed by atoms with Gasteiger partial charge in [0.15, 0.2) is 0 Å². The molecule has 0 radical (unpaired) electrons. The third-order valence-corrected chi connectivity index (χ3v) is 0. The Bertz CT molecular complexity index is 54.4. The number of rotatable bonds is 0. The summed E-state index contributed by atoms with van der Waals surface area (Å²) in [6.07, 6.45) is 0. The fourth-order valence-corrected chi connectivity index (χ4v) is 0. The van der Waals surface area contributed by atoms with Crippen LogP contribution in [0, 0.1) is 0 Å². The summed E-state index contributed by atoms with van der Waals surface area (Å²) in [7, 11) is 0. The molecular weight excluding hydrogens is 260 g/mol. The van der Waals surface area contributed by atoms with E-state index in [2.05, 4.69) is 0 Å². The Labute approximate surface area is 31.1 Å². The second kappa shape index (κ2) is 1.71. The molecule has 0 amide bonds. The normalized spacial score (nSPS) is 6.25. The zero-order chi connectivity index (χ0) is 3.58. The van der Waals surface area contributed by atoms with Crippen LogP contribution in [-0.4, -0.2) is 22.4 Å².